The Morgan fingerprint density at radius 1 is 1.08 bits per heavy atom. The van der Waals surface area contributed by atoms with Crippen LogP contribution in [0.25, 0.3) is 11.4 Å². The summed E-state index contributed by atoms with van der Waals surface area (Å²) in [5.41, 5.74) is 0.618. The summed E-state index contributed by atoms with van der Waals surface area (Å²) in [6.45, 7) is 1.25. The maximum atomic E-state index is 12.6. The van der Waals surface area contributed by atoms with E-state index < -0.39 is 11.7 Å². The van der Waals surface area contributed by atoms with Crippen LogP contribution < -0.4 is 5.32 Å². The van der Waals surface area contributed by atoms with Gasteiger partial charge >= 0.3 is 6.18 Å². The van der Waals surface area contributed by atoms with Crippen molar-refractivity contribution in [2.24, 2.45) is 5.92 Å². The predicted octanol–water partition coefficient (Wildman–Crippen LogP) is 3.80. The van der Waals surface area contributed by atoms with Crippen LogP contribution in [0.5, 0.6) is 0 Å². The molecule has 4 nitrogen and oxygen atoms in total. The zero-order valence-corrected chi connectivity index (χ0v) is 14.3. The van der Waals surface area contributed by atoms with Gasteiger partial charge in [-0.1, -0.05) is 25.0 Å². The molecule has 0 aliphatic heterocycles. The van der Waals surface area contributed by atoms with E-state index in [2.05, 4.69) is 15.3 Å². The van der Waals surface area contributed by atoms with Crippen LogP contribution in [0.3, 0.4) is 0 Å². The Morgan fingerprint density at radius 3 is 2.50 bits per heavy atom. The molecule has 26 heavy (non-hydrogen) atoms. The van der Waals surface area contributed by atoms with E-state index in [1.807, 2.05) is 0 Å². The van der Waals surface area contributed by atoms with Crippen LogP contribution in [-0.4, -0.2) is 27.7 Å². The van der Waals surface area contributed by atoms with Crippen molar-refractivity contribution in [3.05, 3.63) is 47.8 Å². The Labute approximate surface area is 150 Å². The summed E-state index contributed by atoms with van der Waals surface area (Å²) in [5, 5.41) is 13.3. The van der Waals surface area contributed by atoms with Crippen molar-refractivity contribution in [2.45, 2.75) is 44.5 Å². The second-order valence-electron chi connectivity index (χ2n) is 6.69. The minimum Gasteiger partial charge on any atom is -0.393 e. The molecule has 0 saturated heterocycles. The zero-order chi connectivity index (χ0) is 18.6. The van der Waals surface area contributed by atoms with Crippen molar-refractivity contribution in [1.82, 2.24) is 15.3 Å². The van der Waals surface area contributed by atoms with Crippen LogP contribution in [0.4, 0.5) is 13.2 Å². The molecule has 1 aromatic heterocycles. The second-order valence-corrected chi connectivity index (χ2v) is 6.69. The normalized spacial score (nSPS) is 20.9. The molecule has 1 aliphatic carbocycles. The molecule has 1 aliphatic rings. The van der Waals surface area contributed by atoms with Crippen molar-refractivity contribution in [1.29, 1.82) is 0 Å². The molecular weight excluding hydrogens is 343 g/mol. The Morgan fingerprint density at radius 2 is 1.81 bits per heavy atom. The standard InChI is InChI=1S/C19H22F3N3O/c20-19(21,22)15-7-5-13(6-8-15)18-24-10-9-16(25-18)12-23-11-14-3-1-2-4-17(14)26/h5-10,14,17,23,26H,1-4,11-12H2/t14-,17-/m1/s1. The number of alkyl halides is 3. The second kappa shape index (κ2) is 8.14. The highest BCUT2D eigenvalue weighted by atomic mass is 19.4. The first-order valence-corrected chi connectivity index (χ1v) is 8.82. The first-order valence-electron chi connectivity index (χ1n) is 8.82. The molecule has 0 amide bonds. The molecule has 1 fully saturated rings. The summed E-state index contributed by atoms with van der Waals surface area (Å²) in [7, 11) is 0. The van der Waals surface area contributed by atoms with Crippen molar-refractivity contribution in [2.75, 3.05) is 6.54 Å². The van der Waals surface area contributed by atoms with Gasteiger partial charge in [-0.05, 0) is 37.0 Å². The first-order chi connectivity index (χ1) is 12.4. The number of benzene rings is 1. The molecular formula is C19H22F3N3O. The lowest BCUT2D eigenvalue weighted by atomic mass is 9.86. The zero-order valence-electron chi connectivity index (χ0n) is 14.3. The van der Waals surface area contributed by atoms with Gasteiger partial charge in [-0.15, -0.1) is 0 Å². The molecule has 1 saturated carbocycles. The lowest BCUT2D eigenvalue weighted by molar-refractivity contribution is -0.137. The van der Waals surface area contributed by atoms with Crippen LogP contribution in [-0.2, 0) is 12.7 Å². The highest BCUT2D eigenvalue weighted by molar-refractivity contribution is 5.55. The summed E-state index contributed by atoms with van der Waals surface area (Å²) < 4.78 is 37.9. The van der Waals surface area contributed by atoms with Gasteiger partial charge in [-0.3, -0.25) is 0 Å². The van der Waals surface area contributed by atoms with E-state index in [0.29, 0.717) is 17.9 Å². The van der Waals surface area contributed by atoms with Crippen molar-refractivity contribution in [3.63, 3.8) is 0 Å². The fourth-order valence-electron chi connectivity index (χ4n) is 3.25. The van der Waals surface area contributed by atoms with E-state index in [0.717, 1.165) is 50.1 Å². The number of rotatable bonds is 5. The third-order valence-electron chi connectivity index (χ3n) is 4.77. The molecule has 0 radical (unpaired) electrons. The molecule has 140 valence electrons. The molecule has 0 bridgehead atoms. The predicted molar refractivity (Wildman–Crippen MR) is 92.1 cm³/mol. The first kappa shape index (κ1) is 18.8. The lowest BCUT2D eigenvalue weighted by Crippen LogP contribution is -2.33. The average molecular weight is 365 g/mol. The molecule has 0 unspecified atom stereocenters. The summed E-state index contributed by atoms with van der Waals surface area (Å²) in [5.74, 6) is 0.663. The van der Waals surface area contributed by atoms with Gasteiger partial charge in [-0.25, -0.2) is 9.97 Å². The summed E-state index contributed by atoms with van der Waals surface area (Å²) in [6.07, 6.45) is 1.12. The number of nitrogens with one attached hydrogen (secondary N) is 1. The lowest BCUT2D eigenvalue weighted by Gasteiger charge is -2.27. The van der Waals surface area contributed by atoms with E-state index in [4.69, 9.17) is 0 Å². The van der Waals surface area contributed by atoms with Gasteiger partial charge < -0.3 is 10.4 Å². The largest absolute Gasteiger partial charge is 0.416 e. The molecule has 2 atom stereocenters. The third-order valence-corrected chi connectivity index (χ3v) is 4.77. The number of nitrogens with zero attached hydrogens (tertiary/aromatic N) is 2. The molecule has 7 heteroatoms. The van der Waals surface area contributed by atoms with Gasteiger partial charge in [0.25, 0.3) is 0 Å². The van der Waals surface area contributed by atoms with Gasteiger partial charge in [0.15, 0.2) is 5.82 Å². The van der Waals surface area contributed by atoms with E-state index in [1.54, 1.807) is 12.3 Å². The van der Waals surface area contributed by atoms with E-state index >= 15 is 0 Å². The highest BCUT2D eigenvalue weighted by Crippen LogP contribution is 2.30. The number of aliphatic hydroxyl groups is 1. The van der Waals surface area contributed by atoms with E-state index in [-0.39, 0.29) is 12.0 Å². The molecule has 2 aromatic rings. The Kier molecular flexibility index (Phi) is 5.88. The fourth-order valence-corrected chi connectivity index (χ4v) is 3.25. The van der Waals surface area contributed by atoms with Crippen molar-refractivity contribution >= 4 is 0 Å². The van der Waals surface area contributed by atoms with Gasteiger partial charge in [0, 0.05) is 24.8 Å². The van der Waals surface area contributed by atoms with E-state index in [1.165, 1.54) is 12.1 Å². The number of aliphatic hydroxyl groups excluding tert-OH is 1. The monoisotopic (exact) mass is 365 g/mol. The molecule has 2 N–H and O–H groups in total. The summed E-state index contributed by atoms with van der Waals surface area (Å²) >= 11 is 0. The highest BCUT2D eigenvalue weighted by Gasteiger charge is 2.30. The van der Waals surface area contributed by atoms with Crippen molar-refractivity contribution in [3.8, 4) is 11.4 Å². The van der Waals surface area contributed by atoms with Gasteiger partial charge in [0.2, 0.25) is 0 Å². The van der Waals surface area contributed by atoms with Gasteiger partial charge in [-0.2, -0.15) is 13.2 Å². The third kappa shape index (κ3) is 4.80. The quantitative estimate of drug-likeness (QED) is 0.846. The van der Waals surface area contributed by atoms with Gasteiger partial charge in [0.05, 0.1) is 17.4 Å². The molecule has 0 spiro atoms. The SMILES string of the molecule is O[C@@H]1CCCC[C@@H]1CNCc1ccnc(-c2ccc(C(F)(F)F)cc2)n1. The van der Waals surface area contributed by atoms with Crippen LogP contribution in [0.1, 0.15) is 36.9 Å². The minimum absolute atomic E-state index is 0.246. The Bertz CT molecular complexity index is 719. The smallest absolute Gasteiger partial charge is 0.393 e. The fraction of sp³-hybridized carbons (Fsp3) is 0.474. The van der Waals surface area contributed by atoms with E-state index in [9.17, 15) is 18.3 Å². The number of halogens is 3. The van der Waals surface area contributed by atoms with Crippen LogP contribution in [0.2, 0.25) is 0 Å². The summed E-state index contributed by atoms with van der Waals surface area (Å²) in [6, 6.07) is 6.61. The number of hydrogen-bond acceptors (Lipinski definition) is 4. The Balaban J connectivity index is 1.61. The number of aromatic nitrogens is 2. The topological polar surface area (TPSA) is 58.0 Å². The van der Waals surface area contributed by atoms with Crippen molar-refractivity contribution < 1.29 is 18.3 Å². The Hall–Kier alpha value is -1.99. The minimum atomic E-state index is -4.35. The average Bonchev–Trinajstić information content (AvgIpc) is 2.63. The van der Waals surface area contributed by atoms with Crippen LogP contribution in [0, 0.1) is 5.92 Å². The molecule has 1 heterocycles. The number of hydrogen-bond donors (Lipinski definition) is 2. The molecule has 3 rings (SSSR count). The van der Waals surface area contributed by atoms with Gasteiger partial charge in [0.1, 0.15) is 0 Å². The maximum Gasteiger partial charge on any atom is 0.416 e. The maximum absolute atomic E-state index is 12.6. The van der Waals surface area contributed by atoms with Crippen LogP contribution >= 0.6 is 0 Å². The molecule has 1 aromatic carbocycles. The van der Waals surface area contributed by atoms with Crippen LogP contribution in [0.15, 0.2) is 36.5 Å². The summed E-state index contributed by atoms with van der Waals surface area (Å²) in [4.78, 5) is 8.57.